The molecule has 3 aliphatic rings. The lowest BCUT2D eigenvalue weighted by Crippen LogP contribution is -2.53. The van der Waals surface area contributed by atoms with Crippen LogP contribution >= 0.6 is 0 Å². The Morgan fingerprint density at radius 1 is 1.20 bits per heavy atom. The number of aliphatic hydroxyl groups excluding tert-OH is 2. The highest BCUT2D eigenvalue weighted by molar-refractivity contribution is 5.98. The van der Waals surface area contributed by atoms with Crippen LogP contribution in [-0.2, 0) is 9.59 Å². The van der Waals surface area contributed by atoms with Crippen molar-refractivity contribution in [2.75, 3.05) is 33.7 Å². The molecule has 3 rings (SSSR count). The molecule has 0 aromatic carbocycles. The van der Waals surface area contributed by atoms with Crippen LogP contribution in [0.25, 0.3) is 0 Å². The number of ketones is 1. The molecule has 1 amide bonds. The molecule has 0 spiro atoms. The summed E-state index contributed by atoms with van der Waals surface area (Å²) in [5.41, 5.74) is -0.967. The lowest BCUT2D eigenvalue weighted by Gasteiger charge is -2.41. The predicted octanol–water partition coefficient (Wildman–Crippen LogP) is 0.146. The molecule has 2 fully saturated rings. The number of carbonyl (C=O) groups excluding carboxylic acids is 2. The fourth-order valence-corrected chi connectivity index (χ4v) is 5.15. The third kappa shape index (κ3) is 2.84. The zero-order chi connectivity index (χ0) is 18.5. The highest BCUT2D eigenvalue weighted by Gasteiger charge is 2.58. The minimum Gasteiger partial charge on any atom is -0.393 e. The SMILES string of the molecule is C[C@@H]1C[C@@H](O)[C@@H](C2CN(C)CCN(C)C2=O)[C@H](O)[C@]2(C)C(=O)C=C[C@@H]12. The van der Waals surface area contributed by atoms with Crippen molar-refractivity contribution in [3.05, 3.63) is 12.2 Å². The second kappa shape index (κ2) is 6.49. The maximum absolute atomic E-state index is 12.9. The average molecular weight is 350 g/mol. The number of hydrogen-bond acceptors (Lipinski definition) is 5. The van der Waals surface area contributed by atoms with Gasteiger partial charge in [-0.25, -0.2) is 0 Å². The number of nitrogens with zero attached hydrogens (tertiary/aromatic N) is 2. The summed E-state index contributed by atoms with van der Waals surface area (Å²) in [6.07, 6.45) is 2.07. The molecule has 25 heavy (non-hydrogen) atoms. The summed E-state index contributed by atoms with van der Waals surface area (Å²) in [5, 5.41) is 22.2. The first-order valence-electron chi connectivity index (χ1n) is 9.20. The number of fused-ring (bicyclic) bond motifs is 1. The van der Waals surface area contributed by atoms with Crippen LogP contribution in [0.4, 0.5) is 0 Å². The summed E-state index contributed by atoms with van der Waals surface area (Å²) >= 11 is 0. The Labute approximate surface area is 149 Å². The van der Waals surface area contributed by atoms with E-state index in [1.165, 1.54) is 0 Å². The van der Waals surface area contributed by atoms with E-state index in [4.69, 9.17) is 0 Å². The zero-order valence-electron chi connectivity index (χ0n) is 15.6. The maximum Gasteiger partial charge on any atom is 0.227 e. The molecule has 2 N–H and O–H groups in total. The summed E-state index contributed by atoms with van der Waals surface area (Å²) in [5.74, 6) is -1.35. The number of rotatable bonds is 1. The van der Waals surface area contributed by atoms with E-state index in [2.05, 4.69) is 4.90 Å². The molecule has 2 aliphatic carbocycles. The summed E-state index contributed by atoms with van der Waals surface area (Å²) in [4.78, 5) is 29.3. The molecule has 0 aromatic heterocycles. The highest BCUT2D eigenvalue weighted by atomic mass is 16.3. The van der Waals surface area contributed by atoms with Crippen molar-refractivity contribution in [3.8, 4) is 0 Å². The molecule has 0 radical (unpaired) electrons. The van der Waals surface area contributed by atoms with Crippen LogP contribution in [0.15, 0.2) is 12.2 Å². The molecule has 6 heteroatoms. The third-order valence-corrected chi connectivity index (χ3v) is 6.81. The third-order valence-electron chi connectivity index (χ3n) is 6.81. The topological polar surface area (TPSA) is 81.1 Å². The molecule has 1 heterocycles. The Bertz CT molecular complexity index is 592. The van der Waals surface area contributed by atoms with Crippen molar-refractivity contribution in [2.45, 2.75) is 32.5 Å². The standard InChI is InChI=1S/C19H30N2O4/c1-11-9-14(22)16(12-10-20(3)7-8-21(4)18(12)25)17(24)19(2)13(11)5-6-15(19)23/h5-6,11-14,16-17,22,24H,7-10H2,1-4H3/t11-,12?,13+,14-,16-,17+,19+/m1/s1. The van der Waals surface area contributed by atoms with Crippen molar-refractivity contribution in [1.82, 2.24) is 9.80 Å². The van der Waals surface area contributed by atoms with Gasteiger partial charge >= 0.3 is 0 Å². The van der Waals surface area contributed by atoms with E-state index in [1.54, 1.807) is 24.9 Å². The number of aliphatic hydroxyl groups is 2. The van der Waals surface area contributed by atoms with Gasteiger partial charge in [0.1, 0.15) is 0 Å². The van der Waals surface area contributed by atoms with Crippen LogP contribution in [0.1, 0.15) is 20.3 Å². The molecule has 0 bridgehead atoms. The molecule has 1 saturated carbocycles. The van der Waals surface area contributed by atoms with Gasteiger partial charge in [-0.1, -0.05) is 13.0 Å². The van der Waals surface area contributed by atoms with Gasteiger partial charge in [0, 0.05) is 32.6 Å². The van der Waals surface area contributed by atoms with Gasteiger partial charge in [0.2, 0.25) is 5.91 Å². The Hall–Kier alpha value is -1.24. The summed E-state index contributed by atoms with van der Waals surface area (Å²) < 4.78 is 0. The first-order valence-corrected chi connectivity index (χ1v) is 9.20. The number of hydrogen-bond donors (Lipinski definition) is 2. The first kappa shape index (κ1) is 18.5. The Balaban J connectivity index is 2.01. The van der Waals surface area contributed by atoms with E-state index in [9.17, 15) is 19.8 Å². The molecular weight excluding hydrogens is 320 g/mol. The van der Waals surface area contributed by atoms with Crippen molar-refractivity contribution >= 4 is 11.7 Å². The second-order valence-corrected chi connectivity index (χ2v) is 8.46. The van der Waals surface area contributed by atoms with Gasteiger partial charge in [0.05, 0.1) is 23.5 Å². The lowest BCUT2D eigenvalue weighted by molar-refractivity contribution is -0.149. The minimum atomic E-state index is -1.05. The molecule has 6 nitrogen and oxygen atoms in total. The van der Waals surface area contributed by atoms with Gasteiger partial charge in [0.15, 0.2) is 5.78 Å². The van der Waals surface area contributed by atoms with Gasteiger partial charge in [0.25, 0.3) is 0 Å². The van der Waals surface area contributed by atoms with E-state index in [0.29, 0.717) is 19.5 Å². The molecular formula is C19H30N2O4. The largest absolute Gasteiger partial charge is 0.393 e. The normalized spacial score (nSPS) is 46.1. The number of amides is 1. The van der Waals surface area contributed by atoms with Crippen molar-refractivity contribution in [3.63, 3.8) is 0 Å². The minimum absolute atomic E-state index is 0.0550. The van der Waals surface area contributed by atoms with Crippen LogP contribution in [-0.4, -0.2) is 77.6 Å². The van der Waals surface area contributed by atoms with Crippen LogP contribution in [0.5, 0.6) is 0 Å². The number of likely N-dealkylation sites (N-methyl/N-ethyl adjacent to an activating group) is 2. The van der Waals surface area contributed by atoms with Gasteiger partial charge in [-0.3, -0.25) is 9.59 Å². The lowest BCUT2D eigenvalue weighted by atomic mass is 9.66. The van der Waals surface area contributed by atoms with Crippen LogP contribution in [0.2, 0.25) is 0 Å². The highest BCUT2D eigenvalue weighted by Crippen LogP contribution is 2.51. The van der Waals surface area contributed by atoms with E-state index < -0.39 is 29.5 Å². The monoisotopic (exact) mass is 350 g/mol. The van der Waals surface area contributed by atoms with E-state index in [1.807, 2.05) is 20.0 Å². The molecule has 1 saturated heterocycles. The number of carbonyl (C=O) groups is 2. The van der Waals surface area contributed by atoms with Crippen LogP contribution in [0.3, 0.4) is 0 Å². The molecule has 140 valence electrons. The average Bonchev–Trinajstić information content (AvgIpc) is 2.76. The Kier molecular flexibility index (Phi) is 4.81. The van der Waals surface area contributed by atoms with Gasteiger partial charge < -0.3 is 20.0 Å². The van der Waals surface area contributed by atoms with Crippen LogP contribution < -0.4 is 0 Å². The summed E-state index contributed by atoms with van der Waals surface area (Å²) in [6.45, 7) is 5.67. The maximum atomic E-state index is 12.9. The Morgan fingerprint density at radius 2 is 1.88 bits per heavy atom. The summed E-state index contributed by atoms with van der Waals surface area (Å²) in [6, 6.07) is 0. The van der Waals surface area contributed by atoms with Crippen molar-refractivity contribution in [2.24, 2.45) is 29.1 Å². The molecule has 1 aliphatic heterocycles. The van der Waals surface area contributed by atoms with Gasteiger partial charge in [-0.15, -0.1) is 0 Å². The summed E-state index contributed by atoms with van der Waals surface area (Å²) in [7, 11) is 3.71. The van der Waals surface area contributed by atoms with E-state index in [-0.39, 0.29) is 23.5 Å². The van der Waals surface area contributed by atoms with Crippen molar-refractivity contribution < 1.29 is 19.8 Å². The molecule has 7 atom stereocenters. The van der Waals surface area contributed by atoms with Gasteiger partial charge in [-0.2, -0.15) is 0 Å². The molecule has 0 aromatic rings. The number of allylic oxidation sites excluding steroid dienone is 2. The Morgan fingerprint density at radius 3 is 2.56 bits per heavy atom. The van der Waals surface area contributed by atoms with E-state index in [0.717, 1.165) is 6.54 Å². The fourth-order valence-electron chi connectivity index (χ4n) is 5.15. The van der Waals surface area contributed by atoms with Crippen LogP contribution in [0, 0.1) is 29.1 Å². The fraction of sp³-hybridized carbons (Fsp3) is 0.789. The van der Waals surface area contributed by atoms with Gasteiger partial charge in [-0.05, 0) is 38.3 Å². The quantitative estimate of drug-likeness (QED) is 0.703. The smallest absolute Gasteiger partial charge is 0.227 e. The van der Waals surface area contributed by atoms with E-state index >= 15 is 0 Å². The van der Waals surface area contributed by atoms with Crippen molar-refractivity contribution in [1.29, 1.82) is 0 Å². The second-order valence-electron chi connectivity index (χ2n) is 8.46. The predicted molar refractivity (Wildman–Crippen MR) is 93.7 cm³/mol. The molecule has 1 unspecified atom stereocenters. The first-order chi connectivity index (χ1) is 11.7. The zero-order valence-corrected chi connectivity index (χ0v) is 15.6.